The topological polar surface area (TPSA) is 111 Å². The van der Waals surface area contributed by atoms with E-state index in [9.17, 15) is 8.42 Å². The number of anilines is 2. The fraction of sp³-hybridized carbons (Fsp3) is 0.269. The van der Waals surface area contributed by atoms with Crippen LogP contribution in [0.15, 0.2) is 55.0 Å². The summed E-state index contributed by atoms with van der Waals surface area (Å²) in [5, 5.41) is 8.09. The third-order valence-electron chi connectivity index (χ3n) is 5.78. The fourth-order valence-electron chi connectivity index (χ4n) is 3.81. The molecule has 0 amide bonds. The Morgan fingerprint density at radius 1 is 1.19 bits per heavy atom. The molecule has 1 aliphatic rings. The third-order valence-corrected chi connectivity index (χ3v) is 7.86. The predicted molar refractivity (Wildman–Crippen MR) is 139 cm³/mol. The van der Waals surface area contributed by atoms with Gasteiger partial charge in [0, 0.05) is 47.7 Å². The van der Waals surface area contributed by atoms with E-state index in [4.69, 9.17) is 11.2 Å². The van der Waals surface area contributed by atoms with E-state index in [1.165, 1.54) is 0 Å². The number of fused-ring (bicyclic) bond motifs is 1. The maximum atomic E-state index is 12.2. The number of ether oxygens (including phenoxy) is 1. The van der Waals surface area contributed by atoms with Gasteiger partial charge >= 0.3 is 0 Å². The zero-order chi connectivity index (χ0) is 25.3. The van der Waals surface area contributed by atoms with Crippen LogP contribution in [0.5, 0.6) is 5.75 Å². The fourth-order valence-corrected chi connectivity index (χ4v) is 5.39. The number of rotatable bonds is 9. The lowest BCUT2D eigenvalue weighted by molar-refractivity contribution is 0.287. The number of hydrogen-bond acceptors (Lipinski definition) is 7. The van der Waals surface area contributed by atoms with Crippen LogP contribution in [-0.4, -0.2) is 46.1 Å². The average Bonchev–Trinajstić information content (AvgIpc) is 3.64. The van der Waals surface area contributed by atoms with E-state index < -0.39 is 10.0 Å². The second kappa shape index (κ2) is 9.60. The molecule has 36 heavy (non-hydrogen) atoms. The number of nitrogens with zero attached hydrogens (tertiary/aromatic N) is 4. The quantitative estimate of drug-likeness (QED) is 0.336. The van der Waals surface area contributed by atoms with Crippen LogP contribution in [0.1, 0.15) is 25.3 Å². The SMILES string of the molecule is C#Cc1ccc2nc(Nc3cc(OC[C@@H](C)NS(=O)(=O)C4CC4)cc(-c4cnn(C)c4)c3)ncc2c1. The van der Waals surface area contributed by atoms with E-state index in [1.807, 2.05) is 49.6 Å². The van der Waals surface area contributed by atoms with Crippen LogP contribution in [0.4, 0.5) is 11.6 Å². The van der Waals surface area contributed by atoms with Crippen LogP contribution >= 0.6 is 0 Å². The molecule has 0 aliphatic heterocycles. The van der Waals surface area contributed by atoms with Crippen LogP contribution in [0, 0.1) is 12.3 Å². The van der Waals surface area contributed by atoms with Gasteiger partial charge in [-0.15, -0.1) is 6.42 Å². The summed E-state index contributed by atoms with van der Waals surface area (Å²) in [6.45, 7) is 1.98. The van der Waals surface area contributed by atoms with Crippen molar-refractivity contribution in [1.29, 1.82) is 0 Å². The van der Waals surface area contributed by atoms with Gasteiger partial charge in [0.1, 0.15) is 12.4 Å². The molecule has 2 aromatic heterocycles. The first-order chi connectivity index (χ1) is 17.3. The zero-order valence-corrected chi connectivity index (χ0v) is 20.8. The van der Waals surface area contributed by atoms with Gasteiger partial charge in [-0.3, -0.25) is 4.68 Å². The number of sulfonamides is 1. The Labute approximate surface area is 210 Å². The number of hydrogen-bond donors (Lipinski definition) is 2. The lowest BCUT2D eigenvalue weighted by Gasteiger charge is -2.16. The molecule has 2 heterocycles. The van der Waals surface area contributed by atoms with Crippen LogP contribution in [0.3, 0.4) is 0 Å². The van der Waals surface area contributed by atoms with Gasteiger partial charge < -0.3 is 10.1 Å². The lowest BCUT2D eigenvalue weighted by Crippen LogP contribution is -2.38. The molecule has 4 aromatic rings. The van der Waals surface area contributed by atoms with E-state index >= 15 is 0 Å². The molecule has 0 radical (unpaired) electrons. The van der Waals surface area contributed by atoms with Gasteiger partial charge in [-0.2, -0.15) is 5.10 Å². The van der Waals surface area contributed by atoms with Gasteiger partial charge in [0.05, 0.1) is 23.0 Å². The maximum Gasteiger partial charge on any atom is 0.227 e. The summed E-state index contributed by atoms with van der Waals surface area (Å²) in [6, 6.07) is 10.9. The van der Waals surface area contributed by atoms with Crippen LogP contribution < -0.4 is 14.8 Å². The van der Waals surface area contributed by atoms with E-state index in [2.05, 4.69) is 31.0 Å². The molecule has 184 valence electrons. The van der Waals surface area contributed by atoms with Crippen molar-refractivity contribution in [2.75, 3.05) is 11.9 Å². The van der Waals surface area contributed by atoms with E-state index in [1.54, 1.807) is 24.0 Å². The first-order valence-electron chi connectivity index (χ1n) is 11.6. The van der Waals surface area contributed by atoms with Crippen molar-refractivity contribution < 1.29 is 13.2 Å². The summed E-state index contributed by atoms with van der Waals surface area (Å²) in [5.41, 5.74) is 4.05. The molecule has 5 rings (SSSR count). The average molecular weight is 503 g/mol. The predicted octanol–water partition coefficient (Wildman–Crippen LogP) is 3.60. The summed E-state index contributed by atoms with van der Waals surface area (Å²) in [4.78, 5) is 9.02. The summed E-state index contributed by atoms with van der Waals surface area (Å²) >= 11 is 0. The smallest absolute Gasteiger partial charge is 0.227 e. The Hall–Kier alpha value is -3.94. The second-order valence-corrected chi connectivity index (χ2v) is 11.0. The van der Waals surface area contributed by atoms with Crippen molar-refractivity contribution in [2.45, 2.75) is 31.1 Å². The maximum absolute atomic E-state index is 12.2. The molecule has 2 N–H and O–H groups in total. The molecular weight excluding hydrogens is 476 g/mol. The minimum Gasteiger partial charge on any atom is -0.492 e. The van der Waals surface area contributed by atoms with Gasteiger partial charge in [0.15, 0.2) is 0 Å². The molecule has 10 heteroatoms. The number of aryl methyl sites for hydroxylation is 1. The highest BCUT2D eigenvalue weighted by Crippen LogP contribution is 2.31. The third kappa shape index (κ3) is 5.48. The van der Waals surface area contributed by atoms with Crippen molar-refractivity contribution >= 4 is 32.6 Å². The van der Waals surface area contributed by atoms with Gasteiger partial charge in [-0.05, 0) is 55.7 Å². The largest absolute Gasteiger partial charge is 0.492 e. The van der Waals surface area contributed by atoms with E-state index in [0.717, 1.165) is 33.3 Å². The normalized spacial score (nSPS) is 14.4. The molecule has 1 fully saturated rings. The Kier molecular flexibility index (Phi) is 6.35. The first kappa shape index (κ1) is 23.8. The minimum atomic E-state index is -3.29. The number of benzene rings is 2. The summed E-state index contributed by atoms with van der Waals surface area (Å²) < 4.78 is 34.9. The highest BCUT2D eigenvalue weighted by atomic mass is 32.2. The molecule has 9 nitrogen and oxygen atoms in total. The summed E-state index contributed by atoms with van der Waals surface area (Å²) in [5.74, 6) is 3.62. The van der Waals surface area contributed by atoms with E-state index in [0.29, 0.717) is 24.5 Å². The lowest BCUT2D eigenvalue weighted by atomic mass is 10.1. The van der Waals surface area contributed by atoms with Crippen molar-refractivity contribution in [3.63, 3.8) is 0 Å². The Balaban J connectivity index is 1.38. The molecule has 1 saturated carbocycles. The van der Waals surface area contributed by atoms with Crippen molar-refractivity contribution in [2.24, 2.45) is 7.05 Å². The molecule has 1 aliphatic carbocycles. The van der Waals surface area contributed by atoms with Crippen molar-refractivity contribution in [1.82, 2.24) is 24.5 Å². The summed E-state index contributed by atoms with van der Waals surface area (Å²) in [6.07, 6.45) is 12.3. The number of terminal acetylenes is 1. The molecule has 0 saturated heterocycles. The highest BCUT2D eigenvalue weighted by Gasteiger charge is 2.36. The first-order valence-corrected chi connectivity index (χ1v) is 13.1. The highest BCUT2D eigenvalue weighted by molar-refractivity contribution is 7.90. The van der Waals surface area contributed by atoms with Gasteiger partial charge in [-0.25, -0.2) is 23.1 Å². The van der Waals surface area contributed by atoms with Gasteiger partial charge in [-0.1, -0.05) is 5.92 Å². The molecule has 0 spiro atoms. The van der Waals surface area contributed by atoms with Crippen molar-refractivity contribution in [3.8, 4) is 29.2 Å². The zero-order valence-electron chi connectivity index (χ0n) is 20.0. The van der Waals surface area contributed by atoms with Crippen LogP contribution in [0.2, 0.25) is 0 Å². The molecule has 2 aromatic carbocycles. The Bertz CT molecular complexity index is 1570. The number of nitrogens with one attached hydrogen (secondary N) is 2. The van der Waals surface area contributed by atoms with Gasteiger partial charge in [0.25, 0.3) is 0 Å². The molecule has 0 bridgehead atoms. The number of aromatic nitrogens is 4. The van der Waals surface area contributed by atoms with Crippen molar-refractivity contribution in [3.05, 3.63) is 60.6 Å². The molecule has 1 atom stereocenters. The monoisotopic (exact) mass is 502 g/mol. The van der Waals surface area contributed by atoms with E-state index in [-0.39, 0.29) is 17.9 Å². The summed E-state index contributed by atoms with van der Waals surface area (Å²) in [7, 11) is -1.44. The standard InChI is InChI=1S/C26H26N6O3S/c1-4-18-5-8-25-20(9-18)13-27-26(30-25)29-22-10-19(21-14-28-32(3)15-21)11-23(12-22)35-16-17(2)31-36(33,34)24-6-7-24/h1,5,8-15,17,24,31H,6-7,16H2,2-3H3,(H,27,29,30)/t17-/m1/s1. The van der Waals surface area contributed by atoms with Gasteiger partial charge in [0.2, 0.25) is 16.0 Å². The minimum absolute atomic E-state index is 0.186. The molecule has 0 unspecified atom stereocenters. The van der Waals surface area contributed by atoms with Crippen LogP contribution in [-0.2, 0) is 17.1 Å². The van der Waals surface area contributed by atoms with Crippen LogP contribution in [0.25, 0.3) is 22.0 Å². The Morgan fingerprint density at radius 3 is 2.75 bits per heavy atom. The molecular formula is C26H26N6O3S. The second-order valence-electron chi connectivity index (χ2n) is 8.96. The Morgan fingerprint density at radius 2 is 2.03 bits per heavy atom.